The van der Waals surface area contributed by atoms with Crippen LogP contribution in [-0.2, 0) is 14.2 Å². The summed E-state index contributed by atoms with van der Waals surface area (Å²) in [4.78, 5) is 11.5. The number of ether oxygens (including phenoxy) is 3. The van der Waals surface area contributed by atoms with Gasteiger partial charge in [-0.3, -0.25) is 0 Å². The van der Waals surface area contributed by atoms with Gasteiger partial charge in [-0.15, -0.1) is 0 Å². The summed E-state index contributed by atoms with van der Waals surface area (Å²) in [7, 11) is 4.54. The van der Waals surface area contributed by atoms with Gasteiger partial charge in [-0.2, -0.15) is 0 Å². The van der Waals surface area contributed by atoms with Crippen molar-refractivity contribution in [3.8, 4) is 0 Å². The fourth-order valence-electron chi connectivity index (χ4n) is 1.63. The molecule has 0 radical (unpaired) electrons. The van der Waals surface area contributed by atoms with Crippen molar-refractivity contribution in [2.75, 3.05) is 45.5 Å². The van der Waals surface area contributed by atoms with Gasteiger partial charge in [0.15, 0.2) is 0 Å². The van der Waals surface area contributed by atoms with Crippen LogP contribution in [0.3, 0.4) is 0 Å². The summed E-state index contributed by atoms with van der Waals surface area (Å²) < 4.78 is 14.9. The summed E-state index contributed by atoms with van der Waals surface area (Å²) in [5.74, 6) is -0.457. The Morgan fingerprint density at radius 2 is 2.11 bits per heavy atom. The molecule has 6 nitrogen and oxygen atoms in total. The second-order valence-electron chi connectivity index (χ2n) is 3.95. The molecule has 0 spiro atoms. The third-order valence-corrected chi connectivity index (χ3v) is 2.72. The first-order valence-corrected chi connectivity index (χ1v) is 5.86. The Balaban J connectivity index is 2.76. The minimum absolute atomic E-state index is 0.0915. The molecule has 106 valence electrons. The average molecular weight is 268 g/mol. The number of anilines is 2. The molecule has 0 aliphatic rings. The monoisotopic (exact) mass is 268 g/mol. The normalized spacial score (nSPS) is 11.9. The molecule has 0 aliphatic heterocycles. The third kappa shape index (κ3) is 4.11. The molecule has 0 amide bonds. The van der Waals surface area contributed by atoms with E-state index in [1.165, 1.54) is 7.11 Å². The number of benzene rings is 1. The zero-order valence-electron chi connectivity index (χ0n) is 11.4. The van der Waals surface area contributed by atoms with Crippen molar-refractivity contribution < 1.29 is 19.0 Å². The number of nitrogens with two attached hydrogens (primary N) is 1. The van der Waals surface area contributed by atoms with Gasteiger partial charge in [0.05, 0.1) is 36.8 Å². The van der Waals surface area contributed by atoms with Gasteiger partial charge < -0.3 is 25.3 Å². The second-order valence-corrected chi connectivity index (χ2v) is 3.95. The van der Waals surface area contributed by atoms with Crippen LogP contribution in [0, 0.1) is 0 Å². The summed E-state index contributed by atoms with van der Waals surface area (Å²) in [6.45, 7) is 0.999. The molecular formula is C13H20N2O4. The molecule has 1 atom stereocenters. The number of para-hydroxylation sites is 1. The van der Waals surface area contributed by atoms with Crippen LogP contribution in [0.4, 0.5) is 11.4 Å². The van der Waals surface area contributed by atoms with Crippen molar-refractivity contribution in [3.63, 3.8) is 0 Å². The number of rotatable bonds is 7. The van der Waals surface area contributed by atoms with Gasteiger partial charge in [0.1, 0.15) is 0 Å². The van der Waals surface area contributed by atoms with Crippen LogP contribution < -0.4 is 11.1 Å². The highest BCUT2D eigenvalue weighted by molar-refractivity contribution is 5.98. The molecule has 0 heterocycles. The minimum atomic E-state index is -0.457. The van der Waals surface area contributed by atoms with E-state index in [0.29, 0.717) is 30.1 Å². The fraction of sp³-hybridized carbons (Fsp3) is 0.462. The molecule has 0 aliphatic carbocycles. The van der Waals surface area contributed by atoms with Gasteiger partial charge in [-0.05, 0) is 12.1 Å². The van der Waals surface area contributed by atoms with Crippen molar-refractivity contribution >= 4 is 17.3 Å². The Labute approximate surface area is 112 Å². The maximum atomic E-state index is 11.5. The maximum absolute atomic E-state index is 11.5. The zero-order valence-corrected chi connectivity index (χ0v) is 11.4. The van der Waals surface area contributed by atoms with Crippen molar-refractivity contribution in [2.24, 2.45) is 0 Å². The number of methoxy groups -OCH3 is 3. The lowest BCUT2D eigenvalue weighted by molar-refractivity contribution is 0.0366. The predicted octanol–water partition coefficient (Wildman–Crippen LogP) is 1.13. The Morgan fingerprint density at radius 3 is 2.68 bits per heavy atom. The van der Waals surface area contributed by atoms with E-state index in [2.05, 4.69) is 10.1 Å². The van der Waals surface area contributed by atoms with E-state index in [1.54, 1.807) is 32.4 Å². The molecule has 1 aromatic rings. The van der Waals surface area contributed by atoms with E-state index in [4.69, 9.17) is 15.2 Å². The molecule has 1 rings (SSSR count). The van der Waals surface area contributed by atoms with Crippen molar-refractivity contribution in [1.29, 1.82) is 0 Å². The lowest BCUT2D eigenvalue weighted by atomic mass is 10.1. The molecule has 0 saturated heterocycles. The predicted molar refractivity (Wildman–Crippen MR) is 73.4 cm³/mol. The van der Waals surface area contributed by atoms with Gasteiger partial charge in [-0.25, -0.2) is 4.79 Å². The highest BCUT2D eigenvalue weighted by Crippen LogP contribution is 2.23. The fourth-order valence-corrected chi connectivity index (χ4v) is 1.63. The van der Waals surface area contributed by atoms with E-state index in [9.17, 15) is 4.79 Å². The molecule has 6 heteroatoms. The van der Waals surface area contributed by atoms with Crippen LogP contribution in [0.2, 0.25) is 0 Å². The number of nitrogens with one attached hydrogen (secondary N) is 1. The topological polar surface area (TPSA) is 82.8 Å². The van der Waals surface area contributed by atoms with Gasteiger partial charge in [0.25, 0.3) is 0 Å². The van der Waals surface area contributed by atoms with Crippen LogP contribution in [0.1, 0.15) is 10.4 Å². The first-order valence-electron chi connectivity index (χ1n) is 5.86. The molecule has 19 heavy (non-hydrogen) atoms. The Morgan fingerprint density at radius 1 is 1.37 bits per heavy atom. The van der Waals surface area contributed by atoms with Crippen molar-refractivity contribution in [1.82, 2.24) is 0 Å². The summed E-state index contributed by atoms with van der Waals surface area (Å²) in [5, 5.41) is 3.13. The zero-order chi connectivity index (χ0) is 14.3. The van der Waals surface area contributed by atoms with Crippen LogP contribution >= 0.6 is 0 Å². The molecular weight excluding hydrogens is 248 g/mol. The van der Waals surface area contributed by atoms with E-state index in [0.717, 1.165) is 0 Å². The quantitative estimate of drug-likeness (QED) is 0.570. The van der Waals surface area contributed by atoms with E-state index in [1.807, 2.05) is 0 Å². The highest BCUT2D eigenvalue weighted by atomic mass is 16.5. The number of carbonyl (C=O) groups is 1. The Bertz CT molecular complexity index is 423. The number of nitrogen functional groups attached to an aromatic ring is 1. The number of esters is 1. The van der Waals surface area contributed by atoms with Crippen LogP contribution in [-0.4, -0.2) is 46.6 Å². The highest BCUT2D eigenvalue weighted by Gasteiger charge is 2.13. The van der Waals surface area contributed by atoms with Gasteiger partial charge in [-0.1, -0.05) is 6.07 Å². The summed E-state index contributed by atoms with van der Waals surface area (Å²) >= 11 is 0. The minimum Gasteiger partial charge on any atom is -0.465 e. The molecule has 0 aromatic heterocycles. The van der Waals surface area contributed by atoms with Crippen LogP contribution in [0.15, 0.2) is 18.2 Å². The third-order valence-electron chi connectivity index (χ3n) is 2.72. The molecule has 3 N–H and O–H groups in total. The van der Waals surface area contributed by atoms with Crippen LogP contribution in [0.5, 0.6) is 0 Å². The Kier molecular flexibility index (Phi) is 6.11. The van der Waals surface area contributed by atoms with Crippen LogP contribution in [0.25, 0.3) is 0 Å². The SMILES string of the molecule is COCC(CNc1cccc(C(=O)OC)c1N)OC. The second kappa shape index (κ2) is 7.60. The largest absolute Gasteiger partial charge is 0.465 e. The lowest BCUT2D eigenvalue weighted by Crippen LogP contribution is -2.27. The molecule has 1 unspecified atom stereocenters. The first kappa shape index (κ1) is 15.3. The number of hydrogen-bond donors (Lipinski definition) is 2. The van der Waals surface area contributed by atoms with Gasteiger partial charge >= 0.3 is 5.97 Å². The average Bonchev–Trinajstić information content (AvgIpc) is 2.43. The van der Waals surface area contributed by atoms with Gasteiger partial charge in [0.2, 0.25) is 0 Å². The molecule has 0 fully saturated rings. The van der Waals surface area contributed by atoms with Crippen molar-refractivity contribution in [2.45, 2.75) is 6.10 Å². The molecule has 1 aromatic carbocycles. The maximum Gasteiger partial charge on any atom is 0.340 e. The number of hydrogen-bond acceptors (Lipinski definition) is 6. The molecule has 0 saturated carbocycles. The van der Waals surface area contributed by atoms with E-state index >= 15 is 0 Å². The smallest absolute Gasteiger partial charge is 0.340 e. The summed E-state index contributed by atoms with van der Waals surface area (Å²) in [5.41, 5.74) is 7.30. The van der Waals surface area contributed by atoms with E-state index < -0.39 is 5.97 Å². The first-order chi connectivity index (χ1) is 9.13. The molecule has 0 bridgehead atoms. The lowest BCUT2D eigenvalue weighted by Gasteiger charge is -2.17. The van der Waals surface area contributed by atoms with E-state index in [-0.39, 0.29) is 6.10 Å². The summed E-state index contributed by atoms with van der Waals surface area (Å²) in [6.07, 6.45) is -0.0915. The summed E-state index contributed by atoms with van der Waals surface area (Å²) in [6, 6.07) is 5.15. The standard InChI is InChI=1S/C13H20N2O4/c1-17-8-9(18-2)7-15-11-6-4-5-10(12(11)14)13(16)19-3/h4-6,9,15H,7-8,14H2,1-3H3. The Hall–Kier alpha value is -1.79. The van der Waals surface area contributed by atoms with Gasteiger partial charge in [0, 0.05) is 20.8 Å². The number of carbonyl (C=O) groups excluding carboxylic acids is 1. The van der Waals surface area contributed by atoms with Crippen molar-refractivity contribution in [3.05, 3.63) is 23.8 Å².